The van der Waals surface area contributed by atoms with Gasteiger partial charge in [0.2, 0.25) is 11.5 Å². The Morgan fingerprint density at radius 2 is 2.09 bits per heavy atom. The van der Waals surface area contributed by atoms with Crippen molar-refractivity contribution in [1.29, 1.82) is 0 Å². The predicted molar refractivity (Wildman–Crippen MR) is 120 cm³/mol. The van der Waals surface area contributed by atoms with Crippen LogP contribution in [0.5, 0.6) is 0 Å². The molecule has 1 saturated carbocycles. The van der Waals surface area contributed by atoms with Gasteiger partial charge >= 0.3 is 0 Å². The molecule has 2 unspecified atom stereocenters. The summed E-state index contributed by atoms with van der Waals surface area (Å²) in [6.45, 7) is 0. The van der Waals surface area contributed by atoms with Crippen molar-refractivity contribution in [3.8, 4) is 0 Å². The number of carbonyl (C=O) groups excluding carboxylic acids is 1. The summed E-state index contributed by atoms with van der Waals surface area (Å²) in [6.07, 6.45) is 11.5. The summed E-state index contributed by atoms with van der Waals surface area (Å²) in [7, 11) is 0. The van der Waals surface area contributed by atoms with Gasteiger partial charge in [0, 0.05) is 22.9 Å². The lowest BCUT2D eigenvalue weighted by molar-refractivity contribution is -0.520. The van der Waals surface area contributed by atoms with E-state index in [1.54, 1.807) is 0 Å². The molecule has 6 rings (SSSR count). The minimum atomic E-state index is 0.0630. The number of ketones is 1. The number of benzene rings is 1. The Balaban J connectivity index is 1.27. The standard InChI is InChI=1S/C26H23N5O/c32-26(21-9-8-19(21)12-17-6-7-20-16-28-30-22(20)13-17)25-23-5-1-2-11-31(23)24(29-25)14-18-4-3-10-27-15-18/h1-7,10-11,13,15-16,19,21H,8-9,12,14H2,(H,28,30)/p+2. The molecule has 4 heterocycles. The van der Waals surface area contributed by atoms with Crippen molar-refractivity contribution in [1.82, 2.24) is 15.2 Å². The summed E-state index contributed by atoms with van der Waals surface area (Å²) in [5.41, 5.74) is 5.17. The van der Waals surface area contributed by atoms with Gasteiger partial charge in [0.1, 0.15) is 0 Å². The molecule has 6 heteroatoms. The van der Waals surface area contributed by atoms with E-state index in [0.717, 1.165) is 53.6 Å². The smallest absolute Gasteiger partial charge is 0.264 e. The zero-order valence-electron chi connectivity index (χ0n) is 17.7. The number of pyridine rings is 2. The van der Waals surface area contributed by atoms with E-state index in [4.69, 9.17) is 0 Å². The van der Waals surface area contributed by atoms with Crippen LogP contribution in [0.15, 0.2) is 73.3 Å². The fourth-order valence-corrected chi connectivity index (χ4v) is 4.96. The quantitative estimate of drug-likeness (QED) is 0.324. The number of nitrogens with zero attached hydrogens (tertiary/aromatic N) is 2. The number of aromatic nitrogens is 5. The van der Waals surface area contributed by atoms with Crippen LogP contribution < -0.4 is 9.38 Å². The number of carbonyl (C=O) groups is 1. The fourth-order valence-electron chi connectivity index (χ4n) is 4.96. The van der Waals surface area contributed by atoms with Crippen LogP contribution >= 0.6 is 0 Å². The molecule has 3 N–H and O–H groups in total. The predicted octanol–water partition coefficient (Wildman–Crippen LogP) is 3.49. The van der Waals surface area contributed by atoms with E-state index in [-0.39, 0.29) is 11.7 Å². The molecule has 4 aromatic heterocycles. The Bertz CT molecular complexity index is 1420. The number of Topliss-reactive ketones (excluding diaryl/α,β-unsaturated/α-hetero) is 1. The molecule has 1 aliphatic carbocycles. The molecule has 0 amide bonds. The van der Waals surface area contributed by atoms with Gasteiger partial charge in [0.15, 0.2) is 17.9 Å². The van der Waals surface area contributed by atoms with Gasteiger partial charge in [-0.15, -0.1) is 0 Å². The van der Waals surface area contributed by atoms with Crippen molar-refractivity contribution >= 4 is 22.2 Å². The zero-order valence-corrected chi connectivity index (χ0v) is 17.7. The topological polar surface area (TPSA) is 79.8 Å². The largest absolute Gasteiger partial charge is 0.290 e. The van der Waals surface area contributed by atoms with E-state index in [9.17, 15) is 4.79 Å². The number of hydrogen-bond donors (Lipinski definition) is 2. The molecule has 2 atom stereocenters. The third-order valence-electron chi connectivity index (χ3n) is 6.82. The highest BCUT2D eigenvalue weighted by Crippen LogP contribution is 2.39. The lowest BCUT2D eigenvalue weighted by atomic mass is 9.68. The highest BCUT2D eigenvalue weighted by Gasteiger charge is 2.40. The first-order chi connectivity index (χ1) is 15.8. The Labute approximate surface area is 185 Å². The van der Waals surface area contributed by atoms with E-state index >= 15 is 0 Å². The number of fused-ring (bicyclic) bond motifs is 2. The summed E-state index contributed by atoms with van der Waals surface area (Å²) < 4.78 is 2.11. The van der Waals surface area contributed by atoms with Gasteiger partial charge in [0.25, 0.3) is 5.82 Å². The van der Waals surface area contributed by atoms with Crippen molar-refractivity contribution in [2.75, 3.05) is 0 Å². The van der Waals surface area contributed by atoms with Crippen molar-refractivity contribution in [2.45, 2.75) is 25.7 Å². The minimum Gasteiger partial charge on any atom is -0.290 e. The molecule has 0 aliphatic heterocycles. The van der Waals surface area contributed by atoms with E-state index in [1.165, 1.54) is 11.1 Å². The van der Waals surface area contributed by atoms with Gasteiger partial charge in [-0.2, -0.15) is 9.50 Å². The molecule has 32 heavy (non-hydrogen) atoms. The molecule has 1 aliphatic rings. The molecule has 6 nitrogen and oxygen atoms in total. The SMILES string of the molecule is O=C(c1[nH]c(Cc2ccc[nH+]c2)[n+]2ccccc12)C1CCC1Cc1ccc2cn[nH]c2c1. The Kier molecular flexibility index (Phi) is 4.56. The van der Waals surface area contributed by atoms with Crippen LogP contribution in [0, 0.1) is 11.8 Å². The van der Waals surface area contributed by atoms with Crippen LogP contribution in [0.2, 0.25) is 0 Å². The number of hydrogen-bond acceptors (Lipinski definition) is 2. The van der Waals surface area contributed by atoms with E-state index < -0.39 is 0 Å². The average Bonchev–Trinajstić information content (AvgIpc) is 3.42. The summed E-state index contributed by atoms with van der Waals surface area (Å²) >= 11 is 0. The molecule has 0 bridgehead atoms. The second kappa shape index (κ2) is 7.71. The number of imidazole rings is 1. The van der Waals surface area contributed by atoms with Crippen LogP contribution in [-0.2, 0) is 12.8 Å². The van der Waals surface area contributed by atoms with Crippen LogP contribution in [0.25, 0.3) is 16.4 Å². The fraction of sp³-hybridized carbons (Fsp3) is 0.231. The molecule has 0 saturated heterocycles. The highest BCUT2D eigenvalue weighted by atomic mass is 16.1. The van der Waals surface area contributed by atoms with Gasteiger partial charge in [-0.3, -0.25) is 9.89 Å². The molecule has 0 spiro atoms. The van der Waals surface area contributed by atoms with Gasteiger partial charge in [-0.05, 0) is 55.0 Å². The molecular formula is C26H25N5O+2. The van der Waals surface area contributed by atoms with E-state index in [0.29, 0.717) is 5.92 Å². The van der Waals surface area contributed by atoms with Crippen LogP contribution in [0.3, 0.4) is 0 Å². The number of nitrogens with one attached hydrogen (secondary N) is 3. The van der Waals surface area contributed by atoms with Crippen LogP contribution in [0.1, 0.15) is 40.3 Å². The van der Waals surface area contributed by atoms with Crippen molar-refractivity contribution in [3.63, 3.8) is 0 Å². The van der Waals surface area contributed by atoms with Gasteiger partial charge < -0.3 is 0 Å². The third-order valence-corrected chi connectivity index (χ3v) is 6.82. The van der Waals surface area contributed by atoms with Crippen molar-refractivity contribution in [3.05, 3.63) is 96.0 Å². The molecule has 1 aromatic carbocycles. The zero-order chi connectivity index (χ0) is 21.5. The minimum absolute atomic E-state index is 0.0630. The summed E-state index contributed by atoms with van der Waals surface area (Å²) in [5, 5.41) is 8.28. The molecular weight excluding hydrogens is 398 g/mol. The molecule has 5 aromatic rings. The number of aromatic amines is 3. The highest BCUT2D eigenvalue weighted by molar-refractivity contribution is 6.01. The first-order valence-corrected chi connectivity index (χ1v) is 11.2. The van der Waals surface area contributed by atoms with Crippen molar-refractivity contribution < 1.29 is 14.2 Å². The normalized spacial score (nSPS) is 18.1. The summed E-state index contributed by atoms with van der Waals surface area (Å²) in [6, 6.07) is 16.6. The monoisotopic (exact) mass is 423 g/mol. The van der Waals surface area contributed by atoms with Crippen molar-refractivity contribution in [2.24, 2.45) is 11.8 Å². The maximum atomic E-state index is 13.6. The first-order valence-electron chi connectivity index (χ1n) is 11.2. The van der Waals surface area contributed by atoms with Gasteiger partial charge in [-0.1, -0.05) is 18.2 Å². The van der Waals surface area contributed by atoms with Gasteiger partial charge in [0.05, 0.1) is 24.3 Å². The Morgan fingerprint density at radius 1 is 1.12 bits per heavy atom. The number of H-pyrrole nitrogens is 3. The lowest BCUT2D eigenvalue weighted by Gasteiger charge is -2.34. The van der Waals surface area contributed by atoms with E-state index in [1.807, 2.05) is 49.1 Å². The second-order valence-electron chi connectivity index (χ2n) is 8.79. The van der Waals surface area contributed by atoms with Crippen LogP contribution in [0.4, 0.5) is 0 Å². The lowest BCUT2D eigenvalue weighted by Crippen LogP contribution is -2.35. The summed E-state index contributed by atoms with van der Waals surface area (Å²) in [4.78, 5) is 20.2. The Morgan fingerprint density at radius 3 is 2.94 bits per heavy atom. The molecule has 0 radical (unpaired) electrons. The first kappa shape index (κ1) is 18.9. The maximum absolute atomic E-state index is 13.6. The van der Waals surface area contributed by atoms with Crippen LogP contribution in [-0.4, -0.2) is 21.0 Å². The van der Waals surface area contributed by atoms with Gasteiger partial charge in [-0.25, -0.2) is 9.97 Å². The Hall–Kier alpha value is -3.80. The molecule has 1 fully saturated rings. The van der Waals surface area contributed by atoms with E-state index in [2.05, 4.69) is 48.8 Å². The maximum Gasteiger partial charge on any atom is 0.264 e. The summed E-state index contributed by atoms with van der Waals surface area (Å²) in [5.74, 6) is 1.69. The molecule has 158 valence electrons. The number of rotatable bonds is 6. The third kappa shape index (κ3) is 3.28. The second-order valence-corrected chi connectivity index (χ2v) is 8.79. The average molecular weight is 424 g/mol.